The van der Waals surface area contributed by atoms with Crippen LogP contribution in [0.1, 0.15) is 24.8 Å². The molecule has 0 radical (unpaired) electrons. The number of nitrogens with zero attached hydrogens (tertiary/aromatic N) is 2. The highest BCUT2D eigenvalue weighted by Gasteiger charge is 2.40. The predicted molar refractivity (Wildman–Crippen MR) is 125 cm³/mol. The van der Waals surface area contributed by atoms with Gasteiger partial charge >= 0.3 is 0 Å². The minimum Gasteiger partial charge on any atom is -0.496 e. The number of hydrogen-bond acceptors (Lipinski definition) is 5. The van der Waals surface area contributed by atoms with Gasteiger partial charge in [-0.15, -0.1) is 24.8 Å². The van der Waals surface area contributed by atoms with Crippen molar-refractivity contribution in [1.82, 2.24) is 9.80 Å². The number of rotatable bonds is 5. The summed E-state index contributed by atoms with van der Waals surface area (Å²) in [4.78, 5) is 17.8. The lowest BCUT2D eigenvalue weighted by molar-refractivity contribution is -0.128. The molecular formula is C22H31Cl3N2O3. The molecule has 0 aromatic heterocycles. The molecule has 1 aromatic rings. The lowest BCUT2D eigenvalue weighted by Crippen LogP contribution is -2.46. The summed E-state index contributed by atoms with van der Waals surface area (Å²) in [5, 5.41) is 0.667. The van der Waals surface area contributed by atoms with Gasteiger partial charge in [-0.3, -0.25) is 9.69 Å². The first-order valence-corrected chi connectivity index (χ1v) is 10.7. The number of likely N-dealkylation sites (N-methyl/N-ethyl adjacent to an activating group) is 1. The molecule has 1 saturated heterocycles. The summed E-state index contributed by atoms with van der Waals surface area (Å²) in [6.07, 6.45) is 4.31. The molecule has 2 aliphatic heterocycles. The van der Waals surface area contributed by atoms with E-state index < -0.39 is 0 Å². The molecule has 0 bridgehead atoms. The van der Waals surface area contributed by atoms with Gasteiger partial charge in [0.25, 0.3) is 0 Å². The molecule has 1 aromatic carbocycles. The smallest absolute Gasteiger partial charge is 0.173 e. The number of piperazine rings is 1. The van der Waals surface area contributed by atoms with Crippen molar-refractivity contribution in [1.29, 1.82) is 0 Å². The van der Waals surface area contributed by atoms with Gasteiger partial charge in [-0.05, 0) is 37.6 Å². The predicted octanol–water partition coefficient (Wildman–Crippen LogP) is 3.93. The van der Waals surface area contributed by atoms with Crippen LogP contribution in [0.25, 0.3) is 5.57 Å². The van der Waals surface area contributed by atoms with Crippen molar-refractivity contribution < 1.29 is 14.3 Å². The van der Waals surface area contributed by atoms with E-state index in [0.29, 0.717) is 10.6 Å². The van der Waals surface area contributed by atoms with Crippen molar-refractivity contribution in [3.63, 3.8) is 0 Å². The van der Waals surface area contributed by atoms with Gasteiger partial charge in [0.1, 0.15) is 6.10 Å². The molecule has 3 unspecified atom stereocenters. The maximum absolute atomic E-state index is 13.0. The Balaban J connectivity index is 0.00000160. The fourth-order valence-electron chi connectivity index (χ4n) is 4.37. The van der Waals surface area contributed by atoms with Crippen LogP contribution in [0.3, 0.4) is 0 Å². The van der Waals surface area contributed by atoms with E-state index in [1.54, 1.807) is 6.26 Å². The summed E-state index contributed by atoms with van der Waals surface area (Å²) in [5.74, 6) is 0.127. The van der Waals surface area contributed by atoms with Crippen LogP contribution in [0.15, 0.2) is 30.5 Å². The Morgan fingerprint density at radius 3 is 2.50 bits per heavy atom. The molecule has 2 fully saturated rings. The Kier molecular flexibility index (Phi) is 9.92. The highest BCUT2D eigenvalue weighted by Crippen LogP contribution is 2.37. The minimum atomic E-state index is -0.0639. The number of fused-ring (bicyclic) bond motifs is 1. The number of carbonyl (C=O) groups excluding carboxylic acids is 1. The van der Waals surface area contributed by atoms with Gasteiger partial charge in [-0.25, -0.2) is 0 Å². The Hall–Kier alpha value is -0.820. The topological polar surface area (TPSA) is 42.0 Å². The maximum atomic E-state index is 13.0. The zero-order chi connectivity index (χ0) is 19.5. The molecule has 0 amide bonds. The second-order valence-corrected chi connectivity index (χ2v) is 8.57. The van der Waals surface area contributed by atoms with Crippen molar-refractivity contribution >= 4 is 47.8 Å². The molecule has 2 heterocycles. The molecule has 0 spiro atoms. The van der Waals surface area contributed by atoms with Crippen LogP contribution < -0.4 is 0 Å². The molecule has 3 aliphatic rings. The monoisotopic (exact) mass is 476 g/mol. The molecule has 30 heavy (non-hydrogen) atoms. The number of halogens is 3. The van der Waals surface area contributed by atoms with Crippen molar-refractivity contribution in [3.05, 3.63) is 41.1 Å². The fourth-order valence-corrected chi connectivity index (χ4v) is 4.49. The van der Waals surface area contributed by atoms with Crippen LogP contribution in [-0.4, -0.2) is 74.2 Å². The van der Waals surface area contributed by atoms with Crippen LogP contribution in [0.4, 0.5) is 0 Å². The van der Waals surface area contributed by atoms with Crippen molar-refractivity contribution in [3.8, 4) is 0 Å². The quantitative estimate of drug-likeness (QED) is 0.643. The zero-order valence-corrected chi connectivity index (χ0v) is 19.7. The average molecular weight is 478 g/mol. The summed E-state index contributed by atoms with van der Waals surface area (Å²) in [5.41, 5.74) is 1.53. The van der Waals surface area contributed by atoms with Gasteiger partial charge in [0.05, 0.1) is 30.5 Å². The lowest BCUT2D eigenvalue weighted by Gasteiger charge is -2.38. The van der Waals surface area contributed by atoms with Gasteiger partial charge in [0, 0.05) is 44.2 Å². The summed E-state index contributed by atoms with van der Waals surface area (Å²) < 4.78 is 12.1. The Morgan fingerprint density at radius 1 is 1.10 bits per heavy atom. The molecule has 1 aliphatic carbocycles. The van der Waals surface area contributed by atoms with E-state index in [2.05, 4.69) is 16.8 Å². The van der Waals surface area contributed by atoms with Crippen molar-refractivity contribution in [2.45, 2.75) is 31.5 Å². The van der Waals surface area contributed by atoms with Crippen LogP contribution in [0.5, 0.6) is 0 Å². The molecule has 5 nitrogen and oxygen atoms in total. The number of allylic oxidation sites excluding steroid dienone is 1. The Bertz CT molecular complexity index is 721. The molecule has 4 rings (SSSR count). The second kappa shape index (κ2) is 11.7. The van der Waals surface area contributed by atoms with E-state index in [-0.39, 0.29) is 48.7 Å². The number of carbonyl (C=O) groups is 1. The van der Waals surface area contributed by atoms with Crippen molar-refractivity contribution in [2.75, 3.05) is 46.4 Å². The van der Waals surface area contributed by atoms with E-state index in [0.717, 1.165) is 64.2 Å². The van der Waals surface area contributed by atoms with Gasteiger partial charge in [-0.1, -0.05) is 23.7 Å². The summed E-state index contributed by atoms with van der Waals surface area (Å²) in [6, 6.07) is 7.37. The fraction of sp³-hybridized carbons (Fsp3) is 0.591. The van der Waals surface area contributed by atoms with Gasteiger partial charge in [0.2, 0.25) is 0 Å². The van der Waals surface area contributed by atoms with E-state index in [1.807, 2.05) is 24.3 Å². The molecule has 3 atom stereocenters. The first-order valence-electron chi connectivity index (χ1n) is 10.3. The molecular weight excluding hydrogens is 447 g/mol. The summed E-state index contributed by atoms with van der Waals surface area (Å²) >= 11 is 5.96. The Labute approximate surface area is 196 Å². The zero-order valence-electron chi connectivity index (χ0n) is 17.3. The number of ketones is 1. The minimum absolute atomic E-state index is 0. The van der Waals surface area contributed by atoms with Crippen LogP contribution in [-0.2, 0) is 14.3 Å². The van der Waals surface area contributed by atoms with Crippen LogP contribution in [0, 0.1) is 5.92 Å². The standard InChI is InChI=1S/C22H29ClN2O3.2ClH/c1-24-8-10-25(11-9-24)12-13-27-18-6-7-19-21(14-18)28-15-20(22(19)26)16-2-4-17(23)5-3-16;;/h2-5,15,18-19,21H,6-14H2,1H3;2*1H. The largest absolute Gasteiger partial charge is 0.496 e. The second-order valence-electron chi connectivity index (χ2n) is 8.13. The normalized spacial score (nSPS) is 27.2. The summed E-state index contributed by atoms with van der Waals surface area (Å²) in [6.45, 7) is 6.23. The number of benzene rings is 1. The third kappa shape index (κ3) is 6.12. The van der Waals surface area contributed by atoms with E-state index in [1.165, 1.54) is 0 Å². The van der Waals surface area contributed by atoms with E-state index in [9.17, 15) is 4.79 Å². The first-order chi connectivity index (χ1) is 13.6. The summed E-state index contributed by atoms with van der Waals surface area (Å²) in [7, 11) is 2.17. The highest BCUT2D eigenvalue weighted by molar-refractivity contribution is 6.30. The molecule has 168 valence electrons. The Morgan fingerprint density at radius 2 is 1.80 bits per heavy atom. The molecule has 1 saturated carbocycles. The van der Waals surface area contributed by atoms with Gasteiger partial charge in [-0.2, -0.15) is 0 Å². The third-order valence-corrected chi connectivity index (χ3v) is 6.47. The lowest BCUT2D eigenvalue weighted by atomic mass is 9.78. The number of hydrogen-bond donors (Lipinski definition) is 0. The SMILES string of the molecule is CN1CCN(CCOC2CCC3C(=O)C(c4ccc(Cl)cc4)=COC3C2)CC1.Cl.Cl. The van der Waals surface area contributed by atoms with E-state index in [4.69, 9.17) is 21.1 Å². The number of ether oxygens (including phenoxy) is 2. The van der Waals surface area contributed by atoms with E-state index >= 15 is 0 Å². The van der Waals surface area contributed by atoms with Gasteiger partial charge < -0.3 is 14.4 Å². The van der Waals surface area contributed by atoms with Gasteiger partial charge in [0.15, 0.2) is 5.78 Å². The first kappa shape index (κ1) is 25.4. The molecule has 0 N–H and O–H groups in total. The number of Topliss-reactive ketones (excluding diaryl/α,β-unsaturated/α-hetero) is 1. The maximum Gasteiger partial charge on any atom is 0.173 e. The highest BCUT2D eigenvalue weighted by atomic mass is 35.5. The van der Waals surface area contributed by atoms with Crippen LogP contribution >= 0.6 is 36.4 Å². The van der Waals surface area contributed by atoms with Crippen molar-refractivity contribution in [2.24, 2.45) is 5.92 Å². The third-order valence-electron chi connectivity index (χ3n) is 6.22. The molecule has 8 heteroatoms. The average Bonchev–Trinajstić information content (AvgIpc) is 2.71. The van der Waals surface area contributed by atoms with Crippen LogP contribution in [0.2, 0.25) is 5.02 Å².